The Morgan fingerprint density at radius 2 is 1.77 bits per heavy atom. The number of halogens is 3. The first-order valence-corrected chi connectivity index (χ1v) is 14.9. The van der Waals surface area contributed by atoms with Crippen molar-refractivity contribution in [3.63, 3.8) is 0 Å². The van der Waals surface area contributed by atoms with Gasteiger partial charge in [0.25, 0.3) is 5.91 Å². The SMILES string of the molecule is O=C1CC[C@@H](N2Cc3c(N[C@H](C4CCC(NCCC(F)(F)F)CC4)C4CC5(CCC5)C4)cccc3C2=O)C(=O)N1. The Morgan fingerprint density at radius 3 is 2.42 bits per heavy atom. The number of alkyl halides is 3. The number of nitrogens with zero attached hydrogens (tertiary/aromatic N) is 1. The summed E-state index contributed by atoms with van der Waals surface area (Å²) < 4.78 is 37.8. The zero-order chi connectivity index (χ0) is 28.1. The molecule has 3 N–H and O–H groups in total. The van der Waals surface area contributed by atoms with Crippen LogP contribution in [0.5, 0.6) is 0 Å². The molecular formula is C30H39F3N4O3. The zero-order valence-electron chi connectivity index (χ0n) is 22.8. The molecule has 40 heavy (non-hydrogen) atoms. The average Bonchev–Trinajstić information content (AvgIpc) is 3.18. The number of piperidine rings is 1. The molecule has 0 unspecified atom stereocenters. The Hall–Kier alpha value is -2.62. The highest BCUT2D eigenvalue weighted by atomic mass is 19.4. The highest BCUT2D eigenvalue weighted by Crippen LogP contribution is 2.60. The molecule has 2 atom stereocenters. The smallest absolute Gasteiger partial charge is 0.381 e. The fourth-order valence-corrected chi connectivity index (χ4v) is 8.01. The molecule has 0 bridgehead atoms. The molecule has 3 aliphatic carbocycles. The number of benzene rings is 1. The average molecular weight is 561 g/mol. The molecule has 0 aromatic heterocycles. The van der Waals surface area contributed by atoms with Gasteiger partial charge in [-0.15, -0.1) is 0 Å². The van der Waals surface area contributed by atoms with E-state index in [4.69, 9.17) is 0 Å². The molecule has 3 saturated carbocycles. The fraction of sp³-hybridized carbons (Fsp3) is 0.700. The van der Waals surface area contributed by atoms with Crippen molar-refractivity contribution in [2.45, 2.75) is 108 Å². The number of fused-ring (bicyclic) bond motifs is 1. The Labute approximate surface area is 233 Å². The van der Waals surface area contributed by atoms with Crippen LogP contribution in [0.2, 0.25) is 0 Å². The van der Waals surface area contributed by atoms with E-state index >= 15 is 0 Å². The second-order valence-electron chi connectivity index (χ2n) is 12.9. The van der Waals surface area contributed by atoms with Crippen molar-refractivity contribution in [3.05, 3.63) is 29.3 Å². The van der Waals surface area contributed by atoms with Crippen LogP contribution >= 0.6 is 0 Å². The lowest BCUT2D eigenvalue weighted by Crippen LogP contribution is -2.52. The van der Waals surface area contributed by atoms with E-state index in [0.29, 0.717) is 35.8 Å². The van der Waals surface area contributed by atoms with Crippen molar-refractivity contribution in [1.82, 2.24) is 15.5 Å². The van der Waals surface area contributed by atoms with Crippen LogP contribution in [-0.2, 0) is 16.1 Å². The van der Waals surface area contributed by atoms with Crippen molar-refractivity contribution in [2.24, 2.45) is 17.3 Å². The largest absolute Gasteiger partial charge is 0.390 e. The van der Waals surface area contributed by atoms with Crippen molar-refractivity contribution in [1.29, 1.82) is 0 Å². The third-order valence-electron chi connectivity index (χ3n) is 10.3. The van der Waals surface area contributed by atoms with Crippen LogP contribution in [0.15, 0.2) is 18.2 Å². The second-order valence-corrected chi connectivity index (χ2v) is 12.9. The number of rotatable bonds is 8. The lowest BCUT2D eigenvalue weighted by molar-refractivity contribution is -0.137. The molecule has 1 aromatic carbocycles. The Morgan fingerprint density at radius 1 is 1.02 bits per heavy atom. The van der Waals surface area contributed by atoms with E-state index in [1.54, 1.807) is 4.90 Å². The van der Waals surface area contributed by atoms with Crippen LogP contribution in [0.3, 0.4) is 0 Å². The van der Waals surface area contributed by atoms with E-state index in [1.807, 2.05) is 18.2 Å². The van der Waals surface area contributed by atoms with Crippen LogP contribution in [-0.4, -0.2) is 53.5 Å². The number of hydrogen-bond donors (Lipinski definition) is 3. The van der Waals surface area contributed by atoms with Gasteiger partial charge in [0.15, 0.2) is 0 Å². The molecule has 6 rings (SSSR count). The topological polar surface area (TPSA) is 90.5 Å². The van der Waals surface area contributed by atoms with Gasteiger partial charge < -0.3 is 15.5 Å². The van der Waals surface area contributed by atoms with E-state index in [2.05, 4.69) is 16.0 Å². The third-order valence-corrected chi connectivity index (χ3v) is 10.3. The maximum atomic E-state index is 13.3. The molecule has 4 fully saturated rings. The monoisotopic (exact) mass is 560 g/mol. The molecule has 1 spiro atoms. The number of amides is 3. The van der Waals surface area contributed by atoms with Crippen molar-refractivity contribution >= 4 is 23.4 Å². The minimum absolute atomic E-state index is 0.0283. The summed E-state index contributed by atoms with van der Waals surface area (Å²) in [6, 6.07) is 5.45. The Kier molecular flexibility index (Phi) is 7.34. The summed E-state index contributed by atoms with van der Waals surface area (Å²) in [5.74, 6) is 0.0741. The van der Waals surface area contributed by atoms with Crippen molar-refractivity contribution < 1.29 is 27.6 Å². The van der Waals surface area contributed by atoms with E-state index in [1.165, 1.54) is 32.1 Å². The van der Waals surface area contributed by atoms with Gasteiger partial charge in [0.1, 0.15) is 6.04 Å². The van der Waals surface area contributed by atoms with E-state index in [0.717, 1.165) is 36.9 Å². The Bertz CT molecular complexity index is 1150. The first-order valence-electron chi connectivity index (χ1n) is 14.9. The Balaban J connectivity index is 1.15. The van der Waals surface area contributed by atoms with Gasteiger partial charge in [-0.1, -0.05) is 12.5 Å². The molecule has 10 heteroatoms. The maximum Gasteiger partial charge on any atom is 0.390 e. The van der Waals surface area contributed by atoms with Gasteiger partial charge >= 0.3 is 6.18 Å². The minimum atomic E-state index is -4.13. The van der Waals surface area contributed by atoms with E-state index in [-0.39, 0.29) is 36.9 Å². The number of imide groups is 1. The van der Waals surface area contributed by atoms with Gasteiger partial charge in [-0.3, -0.25) is 19.7 Å². The first kappa shape index (κ1) is 27.5. The zero-order valence-corrected chi connectivity index (χ0v) is 22.8. The van der Waals surface area contributed by atoms with Gasteiger partial charge in [0.2, 0.25) is 11.8 Å². The second kappa shape index (κ2) is 10.7. The lowest BCUT2D eigenvalue weighted by Gasteiger charge is -2.58. The molecule has 5 aliphatic rings. The molecule has 0 radical (unpaired) electrons. The number of carbonyl (C=O) groups is 3. The minimum Gasteiger partial charge on any atom is -0.381 e. The lowest BCUT2D eigenvalue weighted by atomic mass is 9.49. The van der Waals surface area contributed by atoms with Crippen LogP contribution in [0.25, 0.3) is 0 Å². The summed E-state index contributed by atoms with van der Waals surface area (Å²) in [6.45, 7) is 0.306. The van der Waals surface area contributed by atoms with Crippen molar-refractivity contribution in [2.75, 3.05) is 11.9 Å². The predicted molar refractivity (Wildman–Crippen MR) is 143 cm³/mol. The highest BCUT2D eigenvalue weighted by molar-refractivity contribution is 6.06. The van der Waals surface area contributed by atoms with Crippen molar-refractivity contribution in [3.8, 4) is 0 Å². The number of hydrogen-bond acceptors (Lipinski definition) is 5. The van der Waals surface area contributed by atoms with Crippen LogP contribution in [0, 0.1) is 17.3 Å². The standard InChI is InChI=1S/C30H39F3N4O3/c31-30(32,33)13-14-34-20-7-5-18(6-8-20)26(19-15-29(16-19)11-2-12-29)35-23-4-1-3-21-22(23)17-37(28(21)40)24-9-10-25(38)36-27(24)39/h1,3-4,18-20,24,26,34-35H,2,5-17H2,(H,36,38,39)/t18?,20?,24-,26-/m1/s1. The van der Waals surface area contributed by atoms with Crippen LogP contribution in [0.4, 0.5) is 18.9 Å². The van der Waals surface area contributed by atoms with Gasteiger partial charge in [-0.2, -0.15) is 13.2 Å². The first-order chi connectivity index (χ1) is 19.1. The van der Waals surface area contributed by atoms with Crippen LogP contribution in [0.1, 0.15) is 93.0 Å². The highest BCUT2D eigenvalue weighted by Gasteiger charge is 2.52. The molecule has 218 valence electrons. The molecular weight excluding hydrogens is 521 g/mol. The summed E-state index contributed by atoms with van der Waals surface area (Å²) in [6.07, 6.45) is 5.63. The predicted octanol–water partition coefficient (Wildman–Crippen LogP) is 4.91. The number of anilines is 1. The maximum absolute atomic E-state index is 13.3. The van der Waals surface area contributed by atoms with Gasteiger partial charge in [0.05, 0.1) is 6.42 Å². The summed E-state index contributed by atoms with van der Waals surface area (Å²) in [4.78, 5) is 39.1. The quantitative estimate of drug-likeness (QED) is 0.393. The summed E-state index contributed by atoms with van der Waals surface area (Å²) in [7, 11) is 0. The van der Waals surface area contributed by atoms with Gasteiger partial charge in [0, 0.05) is 48.4 Å². The van der Waals surface area contributed by atoms with Gasteiger partial charge in [-0.05, 0) is 87.2 Å². The molecule has 1 aromatic rings. The number of nitrogens with one attached hydrogen (secondary N) is 3. The summed E-state index contributed by atoms with van der Waals surface area (Å²) >= 11 is 0. The molecule has 1 saturated heterocycles. The fourth-order valence-electron chi connectivity index (χ4n) is 8.01. The molecule has 2 heterocycles. The molecule has 3 amide bonds. The molecule has 7 nitrogen and oxygen atoms in total. The summed E-state index contributed by atoms with van der Waals surface area (Å²) in [5.41, 5.74) is 2.96. The normalized spacial score (nSPS) is 29.0. The third kappa shape index (κ3) is 5.48. The van der Waals surface area contributed by atoms with E-state index in [9.17, 15) is 27.6 Å². The van der Waals surface area contributed by atoms with Crippen LogP contribution < -0.4 is 16.0 Å². The summed E-state index contributed by atoms with van der Waals surface area (Å²) in [5, 5.41) is 9.36. The van der Waals surface area contributed by atoms with E-state index < -0.39 is 24.5 Å². The van der Waals surface area contributed by atoms with Gasteiger partial charge in [-0.25, -0.2) is 0 Å². The molecule has 2 aliphatic heterocycles. The number of carbonyl (C=O) groups excluding carboxylic acids is 3.